The highest BCUT2D eigenvalue weighted by Gasteiger charge is 2.13. The molecule has 2 aromatic rings. The average molecular weight is 339 g/mol. The number of para-hydroxylation sites is 3. The van der Waals surface area contributed by atoms with Gasteiger partial charge in [-0.2, -0.15) is 0 Å². The number of rotatable bonds is 7. The summed E-state index contributed by atoms with van der Waals surface area (Å²) in [4.78, 5) is 11.9. The van der Waals surface area contributed by atoms with Crippen LogP contribution in [0.4, 0.5) is 0 Å². The van der Waals surface area contributed by atoms with Crippen LogP contribution in [0.5, 0.6) is 17.2 Å². The first-order chi connectivity index (χ1) is 12.2. The Kier molecular flexibility index (Phi) is 7.20. The van der Waals surface area contributed by atoms with Gasteiger partial charge in [-0.25, -0.2) is 0 Å². The van der Waals surface area contributed by atoms with E-state index in [0.717, 1.165) is 0 Å². The van der Waals surface area contributed by atoms with Crippen molar-refractivity contribution in [2.45, 2.75) is 13.0 Å². The fourth-order valence-corrected chi connectivity index (χ4v) is 2.00. The molecule has 5 heteroatoms. The van der Waals surface area contributed by atoms with Crippen molar-refractivity contribution in [2.75, 3.05) is 20.3 Å². The van der Waals surface area contributed by atoms with Crippen LogP contribution in [-0.2, 0) is 4.79 Å². The average Bonchev–Trinajstić information content (AvgIpc) is 2.65. The summed E-state index contributed by atoms with van der Waals surface area (Å²) in [5.74, 6) is 7.41. The molecule has 2 rings (SSSR count). The molecule has 1 unspecified atom stereocenters. The second kappa shape index (κ2) is 9.89. The number of methoxy groups -OCH3 is 1. The number of carbonyl (C=O) groups excluding carboxylic acids is 1. The first-order valence-electron chi connectivity index (χ1n) is 7.91. The zero-order valence-corrected chi connectivity index (χ0v) is 14.3. The molecule has 1 N–H and O–H groups in total. The molecule has 25 heavy (non-hydrogen) atoms. The number of carbonyl (C=O) groups is 1. The Morgan fingerprint density at radius 1 is 1.04 bits per heavy atom. The number of hydrogen-bond acceptors (Lipinski definition) is 4. The highest BCUT2D eigenvalue weighted by Crippen LogP contribution is 2.25. The number of nitrogens with one attached hydrogen (secondary N) is 1. The predicted octanol–water partition coefficient (Wildman–Crippen LogP) is 2.66. The van der Waals surface area contributed by atoms with Crippen LogP contribution in [0, 0.1) is 11.8 Å². The van der Waals surface area contributed by atoms with Gasteiger partial charge in [-0.1, -0.05) is 42.2 Å². The largest absolute Gasteiger partial charge is 0.493 e. The van der Waals surface area contributed by atoms with Crippen molar-refractivity contribution in [3.63, 3.8) is 0 Å². The maximum Gasteiger partial charge on any atom is 0.261 e. The van der Waals surface area contributed by atoms with Crippen molar-refractivity contribution >= 4 is 5.91 Å². The Hall–Kier alpha value is -3.13. The maximum atomic E-state index is 11.9. The molecular weight excluding hydrogens is 318 g/mol. The van der Waals surface area contributed by atoms with Crippen LogP contribution in [-0.4, -0.2) is 32.3 Å². The van der Waals surface area contributed by atoms with Crippen molar-refractivity contribution in [3.05, 3.63) is 54.6 Å². The number of ether oxygens (including phenoxy) is 3. The summed E-state index contributed by atoms with van der Waals surface area (Å²) in [5.41, 5.74) is 0. The van der Waals surface area contributed by atoms with Crippen LogP contribution in [0.3, 0.4) is 0 Å². The summed E-state index contributed by atoms with van der Waals surface area (Å²) in [6.45, 7) is 2.14. The molecule has 1 amide bonds. The molecule has 0 spiro atoms. The molecule has 0 radical (unpaired) electrons. The van der Waals surface area contributed by atoms with E-state index in [1.165, 1.54) is 0 Å². The van der Waals surface area contributed by atoms with E-state index in [4.69, 9.17) is 14.2 Å². The molecule has 0 heterocycles. The molecular formula is C20H21NO4. The van der Waals surface area contributed by atoms with Crippen molar-refractivity contribution in [1.29, 1.82) is 0 Å². The highest BCUT2D eigenvalue weighted by molar-refractivity contribution is 5.80. The van der Waals surface area contributed by atoms with E-state index in [1.54, 1.807) is 26.2 Å². The van der Waals surface area contributed by atoms with E-state index >= 15 is 0 Å². The van der Waals surface area contributed by atoms with Crippen molar-refractivity contribution in [3.8, 4) is 29.1 Å². The molecule has 0 fully saturated rings. The van der Waals surface area contributed by atoms with Gasteiger partial charge < -0.3 is 19.5 Å². The summed E-state index contributed by atoms with van der Waals surface area (Å²) in [5, 5.41) is 2.71. The van der Waals surface area contributed by atoms with Crippen LogP contribution in [0.2, 0.25) is 0 Å². The van der Waals surface area contributed by atoms with Gasteiger partial charge >= 0.3 is 0 Å². The van der Waals surface area contributed by atoms with Gasteiger partial charge in [0.2, 0.25) is 0 Å². The van der Waals surface area contributed by atoms with E-state index in [0.29, 0.717) is 17.2 Å². The third-order valence-corrected chi connectivity index (χ3v) is 3.27. The van der Waals surface area contributed by atoms with E-state index in [-0.39, 0.29) is 19.1 Å². The van der Waals surface area contributed by atoms with Crippen LogP contribution in [0.25, 0.3) is 0 Å². The fraction of sp³-hybridized carbons (Fsp3) is 0.250. The molecule has 0 aliphatic heterocycles. The summed E-state index contributed by atoms with van der Waals surface area (Å²) in [7, 11) is 1.59. The minimum atomic E-state index is -0.589. The molecule has 5 nitrogen and oxygen atoms in total. The summed E-state index contributed by atoms with van der Waals surface area (Å²) >= 11 is 0. The molecule has 0 aliphatic carbocycles. The lowest BCUT2D eigenvalue weighted by molar-refractivity contribution is -0.126. The van der Waals surface area contributed by atoms with Crippen molar-refractivity contribution < 1.29 is 19.0 Å². The second-order valence-corrected chi connectivity index (χ2v) is 5.08. The van der Waals surface area contributed by atoms with Gasteiger partial charge in [0.05, 0.1) is 13.7 Å². The lowest BCUT2D eigenvalue weighted by Crippen LogP contribution is -2.36. The summed E-state index contributed by atoms with van der Waals surface area (Å²) in [6, 6.07) is 16.6. The van der Waals surface area contributed by atoms with Crippen LogP contribution >= 0.6 is 0 Å². The first kappa shape index (κ1) is 18.2. The zero-order chi connectivity index (χ0) is 17.9. The maximum absolute atomic E-state index is 11.9. The molecule has 2 aromatic carbocycles. The van der Waals surface area contributed by atoms with Crippen molar-refractivity contribution in [1.82, 2.24) is 5.32 Å². The third kappa shape index (κ3) is 6.11. The van der Waals surface area contributed by atoms with Gasteiger partial charge in [0.15, 0.2) is 17.6 Å². The van der Waals surface area contributed by atoms with E-state index in [2.05, 4.69) is 17.2 Å². The molecule has 1 atom stereocenters. The Morgan fingerprint density at radius 3 is 2.44 bits per heavy atom. The Balaban J connectivity index is 1.70. The molecule has 0 bridgehead atoms. The van der Waals surface area contributed by atoms with Gasteiger partial charge in [-0.15, -0.1) is 0 Å². The number of hydrogen-bond donors (Lipinski definition) is 1. The number of amides is 1. The van der Waals surface area contributed by atoms with E-state index in [1.807, 2.05) is 42.5 Å². The summed E-state index contributed by atoms with van der Waals surface area (Å²) in [6.07, 6.45) is -0.589. The van der Waals surface area contributed by atoms with Gasteiger partial charge in [-0.05, 0) is 31.2 Å². The standard InChI is InChI=1S/C20H21NO4/c1-16(25-17-10-4-3-5-11-17)20(22)21-14-8-9-15-24-19-13-7-6-12-18(19)23-2/h3-7,10-13,16H,14-15H2,1-2H3,(H,21,22). The molecule has 0 saturated carbocycles. The van der Waals surface area contributed by atoms with Gasteiger partial charge in [0.25, 0.3) is 5.91 Å². The van der Waals surface area contributed by atoms with Crippen molar-refractivity contribution in [2.24, 2.45) is 0 Å². The second-order valence-electron chi connectivity index (χ2n) is 5.08. The molecule has 0 aromatic heterocycles. The SMILES string of the molecule is COc1ccccc1OCC#CCNC(=O)C(C)Oc1ccccc1. The zero-order valence-electron chi connectivity index (χ0n) is 14.3. The lowest BCUT2D eigenvalue weighted by Gasteiger charge is -2.13. The topological polar surface area (TPSA) is 56.8 Å². The van der Waals surface area contributed by atoms with Gasteiger partial charge in [-0.3, -0.25) is 4.79 Å². The minimum Gasteiger partial charge on any atom is -0.493 e. The quantitative estimate of drug-likeness (QED) is 0.788. The number of benzene rings is 2. The molecule has 130 valence electrons. The smallest absolute Gasteiger partial charge is 0.261 e. The van der Waals surface area contributed by atoms with E-state index in [9.17, 15) is 4.79 Å². The van der Waals surface area contributed by atoms with E-state index < -0.39 is 6.10 Å². The normalized spacial score (nSPS) is 10.8. The van der Waals surface area contributed by atoms with Crippen LogP contribution < -0.4 is 19.5 Å². The Bertz CT molecular complexity index is 734. The predicted molar refractivity (Wildman–Crippen MR) is 95.8 cm³/mol. The van der Waals surface area contributed by atoms with Crippen LogP contribution in [0.15, 0.2) is 54.6 Å². The lowest BCUT2D eigenvalue weighted by atomic mass is 10.3. The Morgan fingerprint density at radius 2 is 1.72 bits per heavy atom. The van der Waals surface area contributed by atoms with Crippen LogP contribution in [0.1, 0.15) is 6.92 Å². The van der Waals surface area contributed by atoms with Gasteiger partial charge in [0.1, 0.15) is 12.4 Å². The Labute approximate surface area is 147 Å². The summed E-state index contributed by atoms with van der Waals surface area (Å²) < 4.78 is 16.3. The molecule has 0 saturated heterocycles. The fourth-order valence-electron chi connectivity index (χ4n) is 2.00. The first-order valence-corrected chi connectivity index (χ1v) is 7.91. The molecule has 0 aliphatic rings. The highest BCUT2D eigenvalue weighted by atomic mass is 16.5. The minimum absolute atomic E-state index is 0.215. The third-order valence-electron chi connectivity index (χ3n) is 3.27. The monoisotopic (exact) mass is 339 g/mol. The van der Waals surface area contributed by atoms with Gasteiger partial charge in [0, 0.05) is 0 Å².